The number of halogens is 1. The van der Waals surface area contributed by atoms with Gasteiger partial charge in [0.1, 0.15) is 18.2 Å². The Labute approximate surface area is 132 Å². The number of methoxy groups -OCH3 is 1. The molecule has 118 valence electrons. The highest BCUT2D eigenvalue weighted by Crippen LogP contribution is 2.42. The maximum absolute atomic E-state index is 13.4. The topological polar surface area (TPSA) is 57.4 Å². The zero-order valence-corrected chi connectivity index (χ0v) is 12.6. The van der Waals surface area contributed by atoms with Crippen LogP contribution in [0.4, 0.5) is 4.39 Å². The van der Waals surface area contributed by atoms with E-state index in [9.17, 15) is 4.39 Å². The van der Waals surface area contributed by atoms with Crippen molar-refractivity contribution in [3.05, 3.63) is 47.4 Å². The highest BCUT2D eigenvalue weighted by molar-refractivity contribution is 5.77. The van der Waals surface area contributed by atoms with Crippen molar-refractivity contribution in [1.82, 2.24) is 10.1 Å². The molecule has 0 bridgehead atoms. The average Bonchev–Trinajstić information content (AvgIpc) is 3.32. The molecule has 2 aromatic heterocycles. The van der Waals surface area contributed by atoms with Crippen LogP contribution in [0.1, 0.15) is 30.0 Å². The molecule has 0 amide bonds. The molecular weight excluding hydrogens is 299 g/mol. The predicted molar refractivity (Wildman–Crippen MR) is 81.1 cm³/mol. The lowest BCUT2D eigenvalue weighted by Gasteiger charge is -2.09. The van der Waals surface area contributed by atoms with E-state index < -0.39 is 0 Å². The molecule has 0 saturated heterocycles. The summed E-state index contributed by atoms with van der Waals surface area (Å²) < 4.78 is 29.5. The van der Waals surface area contributed by atoms with Crippen molar-refractivity contribution in [2.75, 3.05) is 7.11 Å². The summed E-state index contributed by atoms with van der Waals surface area (Å²) in [7, 11) is 1.54. The molecular formula is C17H15FN2O3. The summed E-state index contributed by atoms with van der Waals surface area (Å²) in [6.07, 6.45) is 2.30. The van der Waals surface area contributed by atoms with Gasteiger partial charge in [-0.3, -0.25) is 0 Å². The van der Waals surface area contributed by atoms with Crippen LogP contribution in [0.15, 0.2) is 34.9 Å². The Kier molecular flexibility index (Phi) is 3.37. The van der Waals surface area contributed by atoms with Crippen molar-refractivity contribution >= 4 is 11.1 Å². The molecule has 1 aliphatic carbocycles. The molecule has 0 N–H and O–H groups in total. The molecule has 1 aromatic carbocycles. The Hall–Kier alpha value is -2.63. The minimum atomic E-state index is -0.336. The van der Waals surface area contributed by atoms with Gasteiger partial charge in [-0.05, 0) is 37.1 Å². The van der Waals surface area contributed by atoms with E-state index >= 15 is 0 Å². The molecule has 1 saturated carbocycles. The molecule has 1 fully saturated rings. The molecule has 5 nitrogen and oxygen atoms in total. The molecule has 0 radical (unpaired) electrons. The molecule has 2 heterocycles. The second-order valence-electron chi connectivity index (χ2n) is 5.59. The lowest BCUT2D eigenvalue weighted by Crippen LogP contribution is -2.00. The van der Waals surface area contributed by atoms with E-state index in [1.807, 2.05) is 6.07 Å². The number of hydrogen-bond donors (Lipinski definition) is 0. The van der Waals surface area contributed by atoms with Crippen molar-refractivity contribution in [3.63, 3.8) is 0 Å². The van der Waals surface area contributed by atoms with E-state index in [1.54, 1.807) is 12.1 Å². The highest BCUT2D eigenvalue weighted by atomic mass is 19.1. The quantitative estimate of drug-likeness (QED) is 0.716. The van der Waals surface area contributed by atoms with Crippen LogP contribution in [0.2, 0.25) is 0 Å². The lowest BCUT2D eigenvalue weighted by molar-refractivity contribution is 0.284. The molecule has 23 heavy (non-hydrogen) atoms. The molecule has 0 spiro atoms. The molecule has 0 atom stereocenters. The Balaban J connectivity index is 1.55. The summed E-state index contributed by atoms with van der Waals surface area (Å²) in [6.45, 7) is 0.156. The molecule has 1 aliphatic rings. The summed E-state index contributed by atoms with van der Waals surface area (Å²) in [6, 6.07) is 7.99. The fraction of sp³-hybridized carbons (Fsp3) is 0.294. The highest BCUT2D eigenvalue weighted by Gasteiger charge is 2.29. The number of aromatic nitrogens is 2. The number of pyridine rings is 1. The minimum Gasteiger partial charge on any atom is -0.496 e. The van der Waals surface area contributed by atoms with Crippen LogP contribution in [-0.4, -0.2) is 17.3 Å². The van der Waals surface area contributed by atoms with E-state index in [2.05, 4.69) is 10.1 Å². The van der Waals surface area contributed by atoms with Crippen molar-refractivity contribution in [1.29, 1.82) is 0 Å². The van der Waals surface area contributed by atoms with E-state index in [0.717, 1.165) is 23.9 Å². The standard InChI is InChI=1S/C17H15FN2O3/c1-21-14-6-4-12(18)8-11(14)9-22-15-7-5-13-16(10-2-3-10)20-23-17(13)19-15/h4-8,10H,2-3,9H2,1H3. The molecule has 4 rings (SSSR count). The van der Waals surface area contributed by atoms with Gasteiger partial charge in [0.15, 0.2) is 0 Å². The van der Waals surface area contributed by atoms with Gasteiger partial charge >= 0.3 is 0 Å². The van der Waals surface area contributed by atoms with Gasteiger partial charge in [-0.15, -0.1) is 0 Å². The molecule has 3 aromatic rings. The van der Waals surface area contributed by atoms with Gasteiger partial charge in [-0.2, -0.15) is 4.98 Å². The van der Waals surface area contributed by atoms with Gasteiger partial charge < -0.3 is 14.0 Å². The van der Waals surface area contributed by atoms with Crippen LogP contribution in [-0.2, 0) is 6.61 Å². The van der Waals surface area contributed by atoms with E-state index in [4.69, 9.17) is 14.0 Å². The normalized spacial score (nSPS) is 14.2. The SMILES string of the molecule is COc1ccc(F)cc1COc1ccc2c(C3CC3)noc2n1. The van der Waals surface area contributed by atoms with Crippen molar-refractivity contribution in [2.45, 2.75) is 25.4 Å². The Morgan fingerprint density at radius 1 is 1.26 bits per heavy atom. The van der Waals surface area contributed by atoms with Gasteiger partial charge in [-0.25, -0.2) is 4.39 Å². The van der Waals surface area contributed by atoms with Crippen LogP contribution in [0, 0.1) is 5.82 Å². The maximum Gasteiger partial charge on any atom is 0.261 e. The van der Waals surface area contributed by atoms with Crippen LogP contribution >= 0.6 is 0 Å². The first-order valence-electron chi connectivity index (χ1n) is 7.46. The van der Waals surface area contributed by atoms with Gasteiger partial charge in [0.2, 0.25) is 5.88 Å². The Bertz CT molecular complexity index is 858. The fourth-order valence-corrected chi connectivity index (χ4v) is 2.57. The van der Waals surface area contributed by atoms with E-state index in [0.29, 0.717) is 28.8 Å². The molecule has 0 aliphatic heterocycles. The monoisotopic (exact) mass is 314 g/mol. The third-order valence-electron chi connectivity index (χ3n) is 3.92. The smallest absolute Gasteiger partial charge is 0.261 e. The summed E-state index contributed by atoms with van der Waals surface area (Å²) in [5, 5.41) is 5.03. The number of benzene rings is 1. The first-order valence-corrected chi connectivity index (χ1v) is 7.46. The van der Waals surface area contributed by atoms with Gasteiger partial charge in [-0.1, -0.05) is 5.16 Å². The number of rotatable bonds is 5. The van der Waals surface area contributed by atoms with Crippen LogP contribution < -0.4 is 9.47 Å². The van der Waals surface area contributed by atoms with Crippen molar-refractivity contribution < 1.29 is 18.4 Å². The summed E-state index contributed by atoms with van der Waals surface area (Å²) in [4.78, 5) is 4.31. The second kappa shape index (κ2) is 5.53. The Morgan fingerprint density at radius 3 is 2.91 bits per heavy atom. The first kappa shape index (κ1) is 14.0. The Morgan fingerprint density at radius 2 is 2.13 bits per heavy atom. The van der Waals surface area contributed by atoms with Crippen molar-refractivity contribution in [3.8, 4) is 11.6 Å². The van der Waals surface area contributed by atoms with Gasteiger partial charge in [0.05, 0.1) is 18.2 Å². The van der Waals surface area contributed by atoms with E-state index in [-0.39, 0.29) is 12.4 Å². The number of fused-ring (bicyclic) bond motifs is 1. The zero-order valence-electron chi connectivity index (χ0n) is 12.6. The third-order valence-corrected chi connectivity index (χ3v) is 3.92. The van der Waals surface area contributed by atoms with Crippen LogP contribution in [0.3, 0.4) is 0 Å². The number of hydrogen-bond acceptors (Lipinski definition) is 5. The van der Waals surface area contributed by atoms with Crippen molar-refractivity contribution in [2.24, 2.45) is 0 Å². The molecule has 0 unspecified atom stereocenters. The zero-order chi connectivity index (χ0) is 15.8. The minimum absolute atomic E-state index is 0.156. The number of nitrogens with zero attached hydrogens (tertiary/aromatic N) is 2. The average molecular weight is 314 g/mol. The van der Waals surface area contributed by atoms with Crippen LogP contribution in [0.25, 0.3) is 11.1 Å². The molecule has 6 heteroatoms. The largest absolute Gasteiger partial charge is 0.496 e. The third kappa shape index (κ3) is 2.72. The summed E-state index contributed by atoms with van der Waals surface area (Å²) in [5.41, 5.74) is 2.06. The fourth-order valence-electron chi connectivity index (χ4n) is 2.57. The van der Waals surface area contributed by atoms with Gasteiger partial charge in [0.25, 0.3) is 5.71 Å². The van der Waals surface area contributed by atoms with Gasteiger partial charge in [0, 0.05) is 17.5 Å². The second-order valence-corrected chi connectivity index (χ2v) is 5.59. The number of ether oxygens (including phenoxy) is 2. The van der Waals surface area contributed by atoms with E-state index in [1.165, 1.54) is 19.2 Å². The maximum atomic E-state index is 13.4. The lowest BCUT2D eigenvalue weighted by atomic mass is 10.2. The summed E-state index contributed by atoms with van der Waals surface area (Å²) in [5.74, 6) is 1.14. The summed E-state index contributed by atoms with van der Waals surface area (Å²) >= 11 is 0. The first-order chi connectivity index (χ1) is 11.2. The predicted octanol–water partition coefficient (Wildman–Crippen LogP) is 3.83. The van der Waals surface area contributed by atoms with Crippen LogP contribution in [0.5, 0.6) is 11.6 Å².